The molecule has 0 aromatic heterocycles. The number of hydrogen-bond donors (Lipinski definition) is 2. The van der Waals surface area contributed by atoms with Crippen molar-refractivity contribution in [3.05, 3.63) is 35.9 Å². The Morgan fingerprint density at radius 3 is 2.56 bits per heavy atom. The smallest absolute Gasteiger partial charge is 0.0499 e. The van der Waals surface area contributed by atoms with Crippen LogP contribution in [0.15, 0.2) is 30.3 Å². The van der Waals surface area contributed by atoms with Crippen LogP contribution in [0.4, 0.5) is 0 Å². The van der Waals surface area contributed by atoms with Gasteiger partial charge < -0.3 is 10.4 Å². The summed E-state index contributed by atoms with van der Waals surface area (Å²) in [6.07, 6.45) is 3.41. The molecule has 0 bridgehead atoms. The van der Waals surface area contributed by atoms with Gasteiger partial charge in [0.2, 0.25) is 0 Å². The van der Waals surface area contributed by atoms with Crippen LogP contribution in [0.5, 0.6) is 0 Å². The third-order valence-corrected chi connectivity index (χ3v) is 3.50. The summed E-state index contributed by atoms with van der Waals surface area (Å²) < 4.78 is 0. The average molecular weight is 219 g/mol. The largest absolute Gasteiger partial charge is 0.396 e. The Labute approximate surface area is 97.7 Å². The van der Waals surface area contributed by atoms with Crippen LogP contribution in [0, 0.1) is 5.41 Å². The zero-order valence-electron chi connectivity index (χ0n) is 9.95. The van der Waals surface area contributed by atoms with E-state index in [1.807, 2.05) is 6.07 Å². The number of nitrogens with one attached hydrogen (secondary N) is 1. The van der Waals surface area contributed by atoms with Crippen LogP contribution in [0.3, 0.4) is 0 Å². The molecule has 1 aliphatic carbocycles. The first-order valence-electron chi connectivity index (χ1n) is 6.12. The summed E-state index contributed by atoms with van der Waals surface area (Å²) in [5.41, 5.74) is 1.58. The van der Waals surface area contributed by atoms with E-state index in [9.17, 15) is 5.11 Å². The van der Waals surface area contributed by atoms with Crippen LogP contribution in [-0.2, 0) is 6.42 Å². The first-order valence-corrected chi connectivity index (χ1v) is 6.12. The average Bonchev–Trinajstić information content (AvgIpc) is 3.09. The standard InChI is InChI=1S/C14H21NO/c1-12(9-13-5-3-2-4-6-13)15-10-14(11-16)7-8-14/h2-6,12,15-16H,7-11H2,1H3. The fraction of sp³-hybridized carbons (Fsp3) is 0.571. The predicted molar refractivity (Wildman–Crippen MR) is 66.4 cm³/mol. The molecule has 0 heterocycles. The maximum absolute atomic E-state index is 9.22. The Hall–Kier alpha value is -0.860. The summed E-state index contributed by atoms with van der Waals surface area (Å²) in [6.45, 7) is 3.50. The van der Waals surface area contributed by atoms with Crippen LogP contribution in [0.1, 0.15) is 25.3 Å². The Kier molecular flexibility index (Phi) is 3.62. The Bertz CT molecular complexity index is 319. The summed E-state index contributed by atoms with van der Waals surface area (Å²) in [4.78, 5) is 0. The fourth-order valence-corrected chi connectivity index (χ4v) is 2.00. The lowest BCUT2D eigenvalue weighted by Gasteiger charge is -2.18. The van der Waals surface area contributed by atoms with Gasteiger partial charge in [0, 0.05) is 24.6 Å². The van der Waals surface area contributed by atoms with E-state index in [0.29, 0.717) is 12.6 Å². The molecule has 1 aliphatic rings. The second kappa shape index (κ2) is 4.98. The minimum absolute atomic E-state index is 0.213. The topological polar surface area (TPSA) is 32.3 Å². The summed E-state index contributed by atoms with van der Waals surface area (Å²) in [6, 6.07) is 11.0. The van der Waals surface area contributed by atoms with E-state index in [-0.39, 0.29) is 5.41 Å². The molecule has 1 fully saturated rings. The van der Waals surface area contributed by atoms with Crippen molar-refractivity contribution >= 4 is 0 Å². The molecule has 1 aromatic rings. The van der Waals surface area contributed by atoms with Crippen LogP contribution in [0.2, 0.25) is 0 Å². The second-order valence-electron chi connectivity index (χ2n) is 5.13. The number of aliphatic hydroxyl groups is 1. The number of hydrogen-bond acceptors (Lipinski definition) is 2. The highest BCUT2D eigenvalue weighted by molar-refractivity contribution is 5.15. The van der Waals surface area contributed by atoms with E-state index in [1.165, 1.54) is 18.4 Å². The third kappa shape index (κ3) is 3.06. The quantitative estimate of drug-likeness (QED) is 0.767. The lowest BCUT2D eigenvalue weighted by Crippen LogP contribution is -2.34. The zero-order valence-corrected chi connectivity index (χ0v) is 9.95. The van der Waals surface area contributed by atoms with Gasteiger partial charge in [-0.3, -0.25) is 0 Å². The molecular formula is C14H21NO. The number of aliphatic hydroxyl groups excluding tert-OH is 1. The highest BCUT2D eigenvalue weighted by Gasteiger charge is 2.41. The lowest BCUT2D eigenvalue weighted by molar-refractivity contribution is 0.204. The SMILES string of the molecule is CC(Cc1ccccc1)NCC1(CO)CC1. The molecule has 0 aliphatic heterocycles. The molecule has 2 N–H and O–H groups in total. The molecule has 1 atom stereocenters. The monoisotopic (exact) mass is 219 g/mol. The van der Waals surface area contributed by atoms with Crippen molar-refractivity contribution < 1.29 is 5.11 Å². The Morgan fingerprint density at radius 2 is 2.00 bits per heavy atom. The van der Waals surface area contributed by atoms with Gasteiger partial charge in [-0.15, -0.1) is 0 Å². The van der Waals surface area contributed by atoms with Crippen molar-refractivity contribution in [2.75, 3.05) is 13.2 Å². The van der Waals surface area contributed by atoms with Crippen molar-refractivity contribution in [2.45, 2.75) is 32.2 Å². The molecule has 88 valence electrons. The van der Waals surface area contributed by atoms with Crippen molar-refractivity contribution in [1.82, 2.24) is 5.32 Å². The van der Waals surface area contributed by atoms with E-state index in [0.717, 1.165) is 13.0 Å². The summed E-state index contributed by atoms with van der Waals surface area (Å²) >= 11 is 0. The van der Waals surface area contributed by atoms with E-state index < -0.39 is 0 Å². The summed E-state index contributed by atoms with van der Waals surface area (Å²) in [7, 11) is 0. The Morgan fingerprint density at radius 1 is 1.31 bits per heavy atom. The minimum Gasteiger partial charge on any atom is -0.396 e. The fourth-order valence-electron chi connectivity index (χ4n) is 2.00. The zero-order chi connectivity index (χ0) is 11.4. The van der Waals surface area contributed by atoms with Crippen LogP contribution in [-0.4, -0.2) is 24.3 Å². The van der Waals surface area contributed by atoms with E-state index in [4.69, 9.17) is 0 Å². The maximum Gasteiger partial charge on any atom is 0.0499 e. The van der Waals surface area contributed by atoms with E-state index in [2.05, 4.69) is 36.5 Å². The number of rotatable bonds is 6. The Balaban J connectivity index is 1.74. The molecule has 2 rings (SSSR count). The molecular weight excluding hydrogens is 198 g/mol. The normalized spacial score (nSPS) is 19.4. The molecule has 2 heteroatoms. The van der Waals surface area contributed by atoms with Gasteiger partial charge in [0.05, 0.1) is 0 Å². The molecule has 1 unspecified atom stereocenters. The van der Waals surface area contributed by atoms with Crippen LogP contribution < -0.4 is 5.32 Å². The van der Waals surface area contributed by atoms with E-state index in [1.54, 1.807) is 0 Å². The maximum atomic E-state index is 9.22. The van der Waals surface area contributed by atoms with Gasteiger partial charge in [0.1, 0.15) is 0 Å². The van der Waals surface area contributed by atoms with Gasteiger partial charge in [-0.2, -0.15) is 0 Å². The summed E-state index contributed by atoms with van der Waals surface area (Å²) in [5, 5.41) is 12.7. The van der Waals surface area contributed by atoms with E-state index >= 15 is 0 Å². The molecule has 0 spiro atoms. The summed E-state index contributed by atoms with van der Waals surface area (Å²) in [5.74, 6) is 0. The molecule has 16 heavy (non-hydrogen) atoms. The minimum atomic E-state index is 0.213. The third-order valence-electron chi connectivity index (χ3n) is 3.50. The highest BCUT2D eigenvalue weighted by atomic mass is 16.3. The van der Waals surface area contributed by atoms with Gasteiger partial charge in [-0.25, -0.2) is 0 Å². The van der Waals surface area contributed by atoms with Gasteiger partial charge in [-0.1, -0.05) is 30.3 Å². The van der Waals surface area contributed by atoms with Crippen LogP contribution >= 0.6 is 0 Å². The predicted octanol–water partition coefficient (Wildman–Crippen LogP) is 1.98. The lowest BCUT2D eigenvalue weighted by atomic mass is 10.1. The van der Waals surface area contributed by atoms with Gasteiger partial charge in [0.25, 0.3) is 0 Å². The molecule has 1 saturated carbocycles. The van der Waals surface area contributed by atoms with Gasteiger partial charge >= 0.3 is 0 Å². The van der Waals surface area contributed by atoms with Gasteiger partial charge in [0.15, 0.2) is 0 Å². The molecule has 2 nitrogen and oxygen atoms in total. The van der Waals surface area contributed by atoms with Crippen molar-refractivity contribution in [2.24, 2.45) is 5.41 Å². The molecule has 0 saturated heterocycles. The second-order valence-corrected chi connectivity index (χ2v) is 5.13. The first-order chi connectivity index (χ1) is 7.74. The van der Waals surface area contributed by atoms with Crippen molar-refractivity contribution in [3.8, 4) is 0 Å². The first kappa shape index (κ1) is 11.6. The molecule has 0 amide bonds. The van der Waals surface area contributed by atoms with Gasteiger partial charge in [-0.05, 0) is 31.7 Å². The van der Waals surface area contributed by atoms with Crippen molar-refractivity contribution in [3.63, 3.8) is 0 Å². The molecule has 1 aromatic carbocycles. The van der Waals surface area contributed by atoms with Crippen molar-refractivity contribution in [1.29, 1.82) is 0 Å². The highest BCUT2D eigenvalue weighted by Crippen LogP contribution is 2.44. The van der Waals surface area contributed by atoms with Crippen LogP contribution in [0.25, 0.3) is 0 Å². The molecule has 0 radical (unpaired) electrons. The number of benzene rings is 1.